The van der Waals surface area contributed by atoms with Crippen LogP contribution in [0.1, 0.15) is 32.8 Å². The number of nitrogens with one attached hydrogen (secondary N) is 1. The lowest BCUT2D eigenvalue weighted by Gasteiger charge is -2.28. The van der Waals surface area contributed by atoms with Crippen LogP contribution in [0.4, 0.5) is 5.69 Å². The fourth-order valence-electron chi connectivity index (χ4n) is 1.89. The van der Waals surface area contributed by atoms with Gasteiger partial charge in [0.05, 0.1) is 5.60 Å². The Morgan fingerprint density at radius 3 is 2.65 bits per heavy atom. The Labute approximate surface area is 109 Å². The first-order chi connectivity index (χ1) is 7.84. The number of rotatable bonds is 5. The Balaban J connectivity index is 2.68. The molecular weight excluding hydrogens is 234 g/mol. The van der Waals surface area contributed by atoms with Crippen LogP contribution < -0.4 is 5.32 Å². The Morgan fingerprint density at radius 2 is 2.06 bits per heavy atom. The molecule has 96 valence electrons. The summed E-state index contributed by atoms with van der Waals surface area (Å²) in [5.41, 5.74) is 2.19. The number of hydrogen-bond acceptors (Lipinski definition) is 2. The molecule has 1 aromatic rings. The summed E-state index contributed by atoms with van der Waals surface area (Å²) in [6.07, 6.45) is 0.940. The number of methoxy groups -OCH3 is 1. The van der Waals surface area contributed by atoms with Gasteiger partial charge in [0.1, 0.15) is 0 Å². The molecule has 0 spiro atoms. The molecule has 0 aromatic heterocycles. The third kappa shape index (κ3) is 4.57. The number of anilines is 1. The molecule has 0 bridgehead atoms. The van der Waals surface area contributed by atoms with Crippen LogP contribution in [-0.4, -0.2) is 18.8 Å². The van der Waals surface area contributed by atoms with Gasteiger partial charge in [-0.2, -0.15) is 0 Å². The molecule has 1 unspecified atom stereocenters. The van der Waals surface area contributed by atoms with E-state index in [1.807, 2.05) is 18.2 Å². The van der Waals surface area contributed by atoms with Crippen molar-refractivity contribution in [3.05, 3.63) is 28.8 Å². The van der Waals surface area contributed by atoms with E-state index in [0.29, 0.717) is 6.04 Å². The van der Waals surface area contributed by atoms with Crippen molar-refractivity contribution < 1.29 is 4.74 Å². The highest BCUT2D eigenvalue weighted by Gasteiger charge is 2.20. The summed E-state index contributed by atoms with van der Waals surface area (Å²) in [5, 5.41) is 4.24. The highest BCUT2D eigenvalue weighted by molar-refractivity contribution is 6.30. The first kappa shape index (κ1) is 14.3. The molecule has 0 saturated heterocycles. The molecule has 1 N–H and O–H groups in total. The minimum atomic E-state index is -0.112. The third-order valence-corrected chi connectivity index (χ3v) is 3.19. The topological polar surface area (TPSA) is 21.3 Å². The molecule has 0 saturated carbocycles. The highest BCUT2D eigenvalue weighted by Crippen LogP contribution is 2.23. The van der Waals surface area contributed by atoms with E-state index in [1.54, 1.807) is 7.11 Å². The van der Waals surface area contributed by atoms with Crippen molar-refractivity contribution in [1.29, 1.82) is 0 Å². The molecule has 3 heteroatoms. The Morgan fingerprint density at radius 1 is 1.41 bits per heavy atom. The van der Waals surface area contributed by atoms with Crippen LogP contribution in [-0.2, 0) is 4.74 Å². The van der Waals surface area contributed by atoms with Crippen molar-refractivity contribution in [2.24, 2.45) is 0 Å². The van der Waals surface area contributed by atoms with Gasteiger partial charge in [-0.25, -0.2) is 0 Å². The smallest absolute Gasteiger partial charge is 0.0642 e. The van der Waals surface area contributed by atoms with Crippen molar-refractivity contribution in [2.75, 3.05) is 12.4 Å². The van der Waals surface area contributed by atoms with Crippen LogP contribution in [0.5, 0.6) is 0 Å². The van der Waals surface area contributed by atoms with E-state index in [2.05, 4.69) is 33.0 Å². The molecule has 0 fully saturated rings. The summed E-state index contributed by atoms with van der Waals surface area (Å²) < 4.78 is 5.43. The summed E-state index contributed by atoms with van der Waals surface area (Å²) in [4.78, 5) is 0. The number of aryl methyl sites for hydroxylation is 1. The van der Waals surface area contributed by atoms with Gasteiger partial charge in [-0.3, -0.25) is 0 Å². The predicted octanol–water partition coefficient (Wildman–Crippen LogP) is 4.26. The zero-order valence-corrected chi connectivity index (χ0v) is 12.1. The molecular formula is C14H22ClNO. The number of ether oxygens (including phenoxy) is 1. The largest absolute Gasteiger partial charge is 0.382 e. The van der Waals surface area contributed by atoms with Gasteiger partial charge in [-0.05, 0) is 51.8 Å². The van der Waals surface area contributed by atoms with Gasteiger partial charge in [0.2, 0.25) is 0 Å². The molecule has 0 aliphatic rings. The molecule has 0 aliphatic carbocycles. The summed E-state index contributed by atoms with van der Waals surface area (Å²) >= 11 is 6.00. The average Bonchev–Trinajstić information content (AvgIpc) is 2.23. The molecule has 1 aromatic carbocycles. The molecule has 0 aliphatic heterocycles. The van der Waals surface area contributed by atoms with E-state index >= 15 is 0 Å². The van der Waals surface area contributed by atoms with Gasteiger partial charge in [-0.15, -0.1) is 0 Å². The molecule has 1 atom stereocenters. The normalized spacial score (nSPS) is 13.5. The van der Waals surface area contributed by atoms with Gasteiger partial charge in [-0.1, -0.05) is 17.7 Å². The lowest BCUT2D eigenvalue weighted by Crippen LogP contribution is -2.31. The summed E-state index contributed by atoms with van der Waals surface area (Å²) in [5.74, 6) is 0. The lowest BCUT2D eigenvalue weighted by molar-refractivity contribution is 0.0128. The molecule has 0 amide bonds. The standard InChI is InChI=1S/C14H22ClNO/c1-10-6-7-12(15)8-13(10)16-11(2)9-14(3,4)17-5/h6-8,11,16H,9H2,1-5H3. The average molecular weight is 256 g/mol. The maximum atomic E-state index is 6.00. The van der Waals surface area contributed by atoms with Crippen molar-refractivity contribution in [1.82, 2.24) is 0 Å². The van der Waals surface area contributed by atoms with E-state index in [-0.39, 0.29) is 5.60 Å². The van der Waals surface area contributed by atoms with E-state index in [9.17, 15) is 0 Å². The second-order valence-corrected chi connectivity index (χ2v) is 5.61. The minimum absolute atomic E-state index is 0.112. The summed E-state index contributed by atoms with van der Waals surface area (Å²) in [7, 11) is 1.75. The molecule has 0 heterocycles. The number of hydrogen-bond donors (Lipinski definition) is 1. The fourth-order valence-corrected chi connectivity index (χ4v) is 2.06. The van der Waals surface area contributed by atoms with E-state index in [1.165, 1.54) is 5.56 Å². The summed E-state index contributed by atoms with van der Waals surface area (Å²) in [6, 6.07) is 6.24. The van der Waals surface area contributed by atoms with E-state index in [4.69, 9.17) is 16.3 Å². The highest BCUT2D eigenvalue weighted by atomic mass is 35.5. The van der Waals surface area contributed by atoms with Crippen LogP contribution in [0.25, 0.3) is 0 Å². The van der Waals surface area contributed by atoms with Gasteiger partial charge in [0.25, 0.3) is 0 Å². The van der Waals surface area contributed by atoms with Crippen molar-refractivity contribution in [2.45, 2.75) is 45.8 Å². The Bertz CT molecular complexity index is 376. The number of halogens is 1. The van der Waals surface area contributed by atoms with Gasteiger partial charge < -0.3 is 10.1 Å². The van der Waals surface area contributed by atoms with Crippen LogP contribution in [0, 0.1) is 6.92 Å². The van der Waals surface area contributed by atoms with E-state index < -0.39 is 0 Å². The van der Waals surface area contributed by atoms with Gasteiger partial charge in [0, 0.05) is 23.9 Å². The zero-order valence-electron chi connectivity index (χ0n) is 11.3. The molecule has 1 rings (SSSR count). The maximum Gasteiger partial charge on any atom is 0.0642 e. The van der Waals surface area contributed by atoms with Crippen LogP contribution in [0.3, 0.4) is 0 Å². The number of benzene rings is 1. The second kappa shape index (κ2) is 5.74. The molecule has 2 nitrogen and oxygen atoms in total. The lowest BCUT2D eigenvalue weighted by atomic mass is 9.99. The second-order valence-electron chi connectivity index (χ2n) is 5.17. The quantitative estimate of drug-likeness (QED) is 0.849. The zero-order chi connectivity index (χ0) is 13.1. The minimum Gasteiger partial charge on any atom is -0.382 e. The van der Waals surface area contributed by atoms with Crippen LogP contribution in [0.2, 0.25) is 5.02 Å². The molecule has 17 heavy (non-hydrogen) atoms. The summed E-state index contributed by atoms with van der Waals surface area (Å²) in [6.45, 7) is 8.42. The first-order valence-corrected chi connectivity index (χ1v) is 6.30. The monoisotopic (exact) mass is 255 g/mol. The van der Waals surface area contributed by atoms with Crippen molar-refractivity contribution in [3.63, 3.8) is 0 Å². The third-order valence-electron chi connectivity index (χ3n) is 2.95. The fraction of sp³-hybridized carbons (Fsp3) is 0.571. The Hall–Kier alpha value is -0.730. The predicted molar refractivity (Wildman–Crippen MR) is 75.0 cm³/mol. The van der Waals surface area contributed by atoms with Crippen LogP contribution in [0.15, 0.2) is 18.2 Å². The Kier molecular flexibility index (Phi) is 4.84. The van der Waals surface area contributed by atoms with Crippen molar-refractivity contribution in [3.8, 4) is 0 Å². The van der Waals surface area contributed by atoms with Crippen molar-refractivity contribution >= 4 is 17.3 Å². The van der Waals surface area contributed by atoms with Gasteiger partial charge in [0.15, 0.2) is 0 Å². The van der Waals surface area contributed by atoms with Gasteiger partial charge >= 0.3 is 0 Å². The maximum absolute atomic E-state index is 6.00. The first-order valence-electron chi connectivity index (χ1n) is 5.92. The van der Waals surface area contributed by atoms with Crippen LogP contribution >= 0.6 is 11.6 Å². The van der Waals surface area contributed by atoms with E-state index in [0.717, 1.165) is 17.1 Å². The SMILES string of the molecule is COC(C)(C)CC(C)Nc1cc(Cl)ccc1C. The molecule has 0 radical (unpaired) electrons.